The average Bonchev–Trinajstić information content (AvgIpc) is 3.50. The van der Waals surface area contributed by atoms with E-state index < -0.39 is 5.97 Å². The number of hydrogen-bond donors (Lipinski definition) is 2. The molecule has 5 rings (SSSR count). The third-order valence-electron chi connectivity index (χ3n) is 8.82. The number of piperidine rings is 1. The van der Waals surface area contributed by atoms with E-state index in [1.165, 1.54) is 24.3 Å². The van der Waals surface area contributed by atoms with Gasteiger partial charge in [-0.2, -0.15) is 0 Å². The van der Waals surface area contributed by atoms with Crippen LogP contribution in [0.2, 0.25) is 0 Å². The standard InChI is InChI=1S/C33H41N3O3S/c1-4-6-27(5-2)33(39-3)15-19-36(20-16-33)30-22-35-31(40-30)25-9-7-23(8-10-25)26-11-12-28(32(37)38)29(21-26)24-13-17-34-18-14-24/h7-13,21-22,27,34H,4-6,14-20H2,1-3H3,(H,37,38). The quantitative estimate of drug-likeness (QED) is 0.270. The van der Waals surface area contributed by atoms with Gasteiger partial charge in [-0.1, -0.05) is 74.4 Å². The van der Waals surface area contributed by atoms with Gasteiger partial charge in [-0.15, -0.1) is 0 Å². The van der Waals surface area contributed by atoms with E-state index in [0.29, 0.717) is 11.5 Å². The fraction of sp³-hybridized carbons (Fsp3) is 0.455. The van der Waals surface area contributed by atoms with Crippen molar-refractivity contribution in [2.45, 2.75) is 58.0 Å². The smallest absolute Gasteiger partial charge is 0.336 e. The van der Waals surface area contributed by atoms with Gasteiger partial charge in [-0.25, -0.2) is 9.78 Å². The molecule has 1 unspecified atom stereocenters. The van der Waals surface area contributed by atoms with Gasteiger partial charge in [0.05, 0.1) is 17.4 Å². The zero-order valence-electron chi connectivity index (χ0n) is 23.9. The number of anilines is 1. The van der Waals surface area contributed by atoms with E-state index in [-0.39, 0.29) is 5.60 Å². The van der Waals surface area contributed by atoms with Crippen LogP contribution in [0.3, 0.4) is 0 Å². The summed E-state index contributed by atoms with van der Waals surface area (Å²) in [5.41, 5.74) is 5.46. The van der Waals surface area contributed by atoms with Crippen molar-refractivity contribution in [1.29, 1.82) is 0 Å². The molecular formula is C33H41N3O3S. The molecule has 6 nitrogen and oxygen atoms in total. The van der Waals surface area contributed by atoms with Crippen molar-refractivity contribution in [1.82, 2.24) is 10.3 Å². The maximum absolute atomic E-state index is 11.9. The van der Waals surface area contributed by atoms with E-state index in [1.54, 1.807) is 17.4 Å². The Morgan fingerprint density at radius 2 is 1.85 bits per heavy atom. The first-order chi connectivity index (χ1) is 19.5. The Bertz CT molecular complexity index is 1340. The first-order valence-electron chi connectivity index (χ1n) is 14.6. The number of aromatic carboxylic acids is 1. The summed E-state index contributed by atoms with van der Waals surface area (Å²) in [6, 6.07) is 14.1. The lowest BCUT2D eigenvalue weighted by atomic mass is 9.75. The Labute approximate surface area is 242 Å². The maximum Gasteiger partial charge on any atom is 0.336 e. The van der Waals surface area contributed by atoms with Crippen LogP contribution in [0.15, 0.2) is 54.7 Å². The van der Waals surface area contributed by atoms with Gasteiger partial charge in [0.15, 0.2) is 0 Å². The van der Waals surface area contributed by atoms with Gasteiger partial charge in [-0.05, 0) is 72.5 Å². The van der Waals surface area contributed by atoms with Gasteiger partial charge < -0.3 is 20.1 Å². The number of carbonyl (C=O) groups is 1. The van der Waals surface area contributed by atoms with E-state index in [9.17, 15) is 9.90 Å². The lowest BCUT2D eigenvalue weighted by Gasteiger charge is -2.46. The molecule has 0 radical (unpaired) electrons. The molecule has 212 valence electrons. The van der Waals surface area contributed by atoms with Crippen LogP contribution in [0.5, 0.6) is 0 Å². The van der Waals surface area contributed by atoms with E-state index in [1.807, 2.05) is 25.4 Å². The summed E-state index contributed by atoms with van der Waals surface area (Å²) in [7, 11) is 1.90. The minimum absolute atomic E-state index is 0.00243. The van der Waals surface area contributed by atoms with Crippen LogP contribution in [0.1, 0.15) is 68.3 Å². The van der Waals surface area contributed by atoms with Gasteiger partial charge in [0.1, 0.15) is 10.0 Å². The second kappa shape index (κ2) is 12.7. The van der Waals surface area contributed by atoms with Crippen molar-refractivity contribution in [3.8, 4) is 21.7 Å². The molecule has 7 heteroatoms. The lowest BCUT2D eigenvalue weighted by molar-refractivity contribution is -0.0794. The van der Waals surface area contributed by atoms with Crippen molar-refractivity contribution in [2.75, 3.05) is 38.2 Å². The normalized spacial score (nSPS) is 17.9. The minimum Gasteiger partial charge on any atom is -0.478 e. The largest absolute Gasteiger partial charge is 0.478 e. The third-order valence-corrected chi connectivity index (χ3v) is 9.93. The molecule has 1 saturated heterocycles. The predicted molar refractivity (Wildman–Crippen MR) is 165 cm³/mol. The second-order valence-corrected chi connectivity index (χ2v) is 12.0. The number of carboxylic acids is 1. The van der Waals surface area contributed by atoms with Gasteiger partial charge in [-0.3, -0.25) is 0 Å². The van der Waals surface area contributed by atoms with Crippen LogP contribution in [-0.2, 0) is 4.74 Å². The van der Waals surface area contributed by atoms with E-state index in [0.717, 1.165) is 78.3 Å². The zero-order valence-corrected chi connectivity index (χ0v) is 24.7. The molecule has 1 aromatic heterocycles. The highest BCUT2D eigenvalue weighted by Gasteiger charge is 2.40. The molecule has 40 heavy (non-hydrogen) atoms. The van der Waals surface area contributed by atoms with E-state index >= 15 is 0 Å². The molecule has 1 fully saturated rings. The summed E-state index contributed by atoms with van der Waals surface area (Å²) in [6.07, 6.45) is 10.7. The summed E-state index contributed by atoms with van der Waals surface area (Å²) < 4.78 is 6.18. The van der Waals surface area contributed by atoms with Crippen molar-refractivity contribution in [2.24, 2.45) is 5.92 Å². The molecule has 0 aliphatic carbocycles. The van der Waals surface area contributed by atoms with Crippen molar-refractivity contribution in [3.63, 3.8) is 0 Å². The molecule has 0 spiro atoms. The highest BCUT2D eigenvalue weighted by molar-refractivity contribution is 7.18. The second-order valence-electron chi connectivity index (χ2n) is 11.0. The summed E-state index contributed by atoms with van der Waals surface area (Å²) in [5.74, 6) is -0.267. The van der Waals surface area contributed by atoms with Gasteiger partial charge in [0, 0.05) is 32.3 Å². The predicted octanol–water partition coefficient (Wildman–Crippen LogP) is 7.36. The molecular weight excluding hydrogens is 518 g/mol. The van der Waals surface area contributed by atoms with E-state index in [4.69, 9.17) is 9.72 Å². The Kier molecular flexibility index (Phi) is 9.03. The number of carboxylic acid groups (broad SMARTS) is 1. The van der Waals surface area contributed by atoms with Crippen LogP contribution in [0, 0.1) is 5.92 Å². The number of rotatable bonds is 10. The molecule has 3 heterocycles. The van der Waals surface area contributed by atoms with Crippen LogP contribution in [0.25, 0.3) is 27.3 Å². The van der Waals surface area contributed by atoms with Crippen molar-refractivity contribution < 1.29 is 14.6 Å². The Morgan fingerprint density at radius 1 is 1.12 bits per heavy atom. The van der Waals surface area contributed by atoms with Crippen molar-refractivity contribution >= 4 is 27.9 Å². The fourth-order valence-electron chi connectivity index (χ4n) is 6.47. The summed E-state index contributed by atoms with van der Waals surface area (Å²) >= 11 is 1.75. The number of aromatic nitrogens is 1. The van der Waals surface area contributed by atoms with Gasteiger partial charge in [0.25, 0.3) is 0 Å². The Balaban J connectivity index is 1.30. The monoisotopic (exact) mass is 559 g/mol. The topological polar surface area (TPSA) is 74.7 Å². The average molecular weight is 560 g/mol. The minimum atomic E-state index is -0.885. The molecule has 3 aromatic rings. The molecule has 1 atom stereocenters. The van der Waals surface area contributed by atoms with Crippen LogP contribution < -0.4 is 10.2 Å². The fourth-order valence-corrected chi connectivity index (χ4v) is 7.44. The number of hydrogen-bond acceptors (Lipinski definition) is 6. The summed E-state index contributed by atoms with van der Waals surface area (Å²) in [4.78, 5) is 19.1. The molecule has 0 bridgehead atoms. The SMILES string of the molecule is CCCC(CC)C1(OC)CCN(c2cnc(-c3ccc(-c4ccc(C(=O)O)c(C5=CCNCC5)c4)cc3)s2)CC1. The van der Waals surface area contributed by atoms with Gasteiger partial charge in [0.2, 0.25) is 0 Å². The third kappa shape index (κ3) is 5.87. The lowest BCUT2D eigenvalue weighted by Crippen LogP contribution is -2.50. The zero-order chi connectivity index (χ0) is 28.1. The molecule has 0 saturated carbocycles. The molecule has 0 amide bonds. The van der Waals surface area contributed by atoms with Crippen LogP contribution >= 0.6 is 11.3 Å². The molecule has 2 aliphatic rings. The molecule has 2 aromatic carbocycles. The highest BCUT2D eigenvalue weighted by atomic mass is 32.1. The summed E-state index contributed by atoms with van der Waals surface area (Å²) in [5, 5.41) is 15.3. The van der Waals surface area contributed by atoms with Gasteiger partial charge >= 0.3 is 5.97 Å². The highest BCUT2D eigenvalue weighted by Crippen LogP contribution is 2.41. The van der Waals surface area contributed by atoms with Crippen LogP contribution in [0.4, 0.5) is 5.00 Å². The van der Waals surface area contributed by atoms with Crippen molar-refractivity contribution in [3.05, 3.63) is 65.9 Å². The first kappa shape index (κ1) is 28.5. The number of methoxy groups -OCH3 is 1. The van der Waals surface area contributed by atoms with E-state index in [2.05, 4.69) is 54.4 Å². The van der Waals surface area contributed by atoms with Crippen LogP contribution in [-0.4, -0.2) is 54.9 Å². The number of nitrogens with zero attached hydrogens (tertiary/aromatic N) is 2. The molecule has 2 aliphatic heterocycles. The Hall–Kier alpha value is -3.00. The Morgan fingerprint density at radius 3 is 2.48 bits per heavy atom. The molecule has 2 N–H and O–H groups in total. The maximum atomic E-state index is 11.9. The summed E-state index contributed by atoms with van der Waals surface area (Å²) in [6.45, 7) is 8.19. The number of thiazole rings is 1. The number of benzene rings is 2. The number of ether oxygens (including phenoxy) is 1. The first-order valence-corrected chi connectivity index (χ1v) is 15.4. The number of nitrogens with one attached hydrogen (secondary N) is 1.